The van der Waals surface area contributed by atoms with Gasteiger partial charge in [0.25, 0.3) is 0 Å². The van der Waals surface area contributed by atoms with E-state index in [1.54, 1.807) is 0 Å². The summed E-state index contributed by atoms with van der Waals surface area (Å²) in [6, 6.07) is 0. The largest absolute Gasteiger partial charge is 0.368 e. The van der Waals surface area contributed by atoms with Gasteiger partial charge < -0.3 is 16.4 Å². The van der Waals surface area contributed by atoms with Gasteiger partial charge in [-0.25, -0.2) is 0 Å². The number of nitrogens with zero attached hydrogens (tertiary/aromatic N) is 1. The lowest BCUT2D eigenvalue weighted by Crippen LogP contribution is -2.43. The molecular formula is C8H17N3O2. The second kappa shape index (κ2) is 5.53. The van der Waals surface area contributed by atoms with Gasteiger partial charge in [-0.2, -0.15) is 0 Å². The minimum absolute atomic E-state index is 0.0474. The summed E-state index contributed by atoms with van der Waals surface area (Å²) in [5, 5.41) is 0. The molecule has 76 valence electrons. The molecule has 5 heteroatoms. The number of primary amides is 1. The average molecular weight is 187 g/mol. The molecule has 0 aliphatic rings. The molecule has 0 aliphatic heterocycles. The van der Waals surface area contributed by atoms with Crippen LogP contribution < -0.4 is 11.5 Å². The highest BCUT2D eigenvalue weighted by molar-refractivity contribution is 5.84. The van der Waals surface area contributed by atoms with Gasteiger partial charge in [-0.3, -0.25) is 9.59 Å². The third-order valence-electron chi connectivity index (χ3n) is 1.46. The van der Waals surface area contributed by atoms with Crippen LogP contribution in [0.1, 0.15) is 13.8 Å². The lowest BCUT2D eigenvalue weighted by Gasteiger charge is -2.22. The first kappa shape index (κ1) is 11.9. The number of carbonyl (C=O) groups excluding carboxylic acids is 2. The number of carbonyl (C=O) groups is 2. The summed E-state index contributed by atoms with van der Waals surface area (Å²) in [7, 11) is 0. The van der Waals surface area contributed by atoms with Crippen molar-refractivity contribution in [1.82, 2.24) is 4.90 Å². The zero-order chi connectivity index (χ0) is 10.4. The van der Waals surface area contributed by atoms with Crippen molar-refractivity contribution in [1.29, 1.82) is 0 Å². The van der Waals surface area contributed by atoms with Crippen LogP contribution in [-0.2, 0) is 9.59 Å². The SMILES string of the molecule is CC(C)CN(CC(N)=O)C(=O)CN. The Hall–Kier alpha value is -1.10. The van der Waals surface area contributed by atoms with Gasteiger partial charge in [-0.1, -0.05) is 13.8 Å². The maximum Gasteiger partial charge on any atom is 0.237 e. The lowest BCUT2D eigenvalue weighted by atomic mass is 10.2. The predicted octanol–water partition coefficient (Wildman–Crippen LogP) is -1.08. The number of hydrogen-bond acceptors (Lipinski definition) is 3. The number of rotatable bonds is 5. The molecule has 2 amide bonds. The molecule has 13 heavy (non-hydrogen) atoms. The molecule has 0 saturated carbocycles. The fourth-order valence-electron chi connectivity index (χ4n) is 1.01. The Morgan fingerprint density at radius 3 is 2.23 bits per heavy atom. The van der Waals surface area contributed by atoms with E-state index in [0.717, 1.165) is 0 Å². The van der Waals surface area contributed by atoms with Crippen LogP contribution in [-0.4, -0.2) is 36.3 Å². The average Bonchev–Trinajstić information content (AvgIpc) is 2.00. The Bertz CT molecular complexity index is 192. The van der Waals surface area contributed by atoms with E-state index in [-0.39, 0.29) is 19.0 Å². The molecule has 0 aromatic heterocycles. The minimum Gasteiger partial charge on any atom is -0.368 e. The smallest absolute Gasteiger partial charge is 0.237 e. The Morgan fingerprint density at radius 2 is 1.92 bits per heavy atom. The predicted molar refractivity (Wildman–Crippen MR) is 49.7 cm³/mol. The molecule has 0 saturated heterocycles. The Balaban J connectivity index is 4.18. The Labute approximate surface area is 78.1 Å². The summed E-state index contributed by atoms with van der Waals surface area (Å²) >= 11 is 0. The molecule has 0 fully saturated rings. The van der Waals surface area contributed by atoms with Gasteiger partial charge in [0.2, 0.25) is 11.8 Å². The zero-order valence-electron chi connectivity index (χ0n) is 8.12. The van der Waals surface area contributed by atoms with E-state index < -0.39 is 5.91 Å². The molecule has 0 heterocycles. The molecule has 0 aromatic carbocycles. The van der Waals surface area contributed by atoms with Crippen LogP contribution in [0.2, 0.25) is 0 Å². The van der Waals surface area contributed by atoms with Crippen LogP contribution in [0.25, 0.3) is 0 Å². The summed E-state index contributed by atoms with van der Waals surface area (Å²) in [6.07, 6.45) is 0. The van der Waals surface area contributed by atoms with E-state index in [2.05, 4.69) is 0 Å². The van der Waals surface area contributed by atoms with Crippen molar-refractivity contribution >= 4 is 11.8 Å². The van der Waals surface area contributed by atoms with Gasteiger partial charge in [-0.15, -0.1) is 0 Å². The van der Waals surface area contributed by atoms with E-state index in [1.807, 2.05) is 13.8 Å². The molecule has 0 spiro atoms. The maximum atomic E-state index is 11.2. The van der Waals surface area contributed by atoms with Crippen molar-refractivity contribution in [3.05, 3.63) is 0 Å². The van der Waals surface area contributed by atoms with E-state index in [9.17, 15) is 9.59 Å². The highest BCUT2D eigenvalue weighted by Crippen LogP contribution is 1.98. The van der Waals surface area contributed by atoms with Gasteiger partial charge in [0.1, 0.15) is 0 Å². The summed E-state index contributed by atoms with van der Waals surface area (Å²) in [4.78, 5) is 23.2. The standard InChI is InChI=1S/C8H17N3O2/c1-6(2)4-11(5-7(10)12)8(13)3-9/h6H,3-5,9H2,1-2H3,(H2,10,12). The van der Waals surface area contributed by atoms with Crippen molar-refractivity contribution < 1.29 is 9.59 Å². The minimum atomic E-state index is -0.512. The van der Waals surface area contributed by atoms with Crippen LogP contribution in [0.3, 0.4) is 0 Å². The van der Waals surface area contributed by atoms with Gasteiger partial charge in [-0.05, 0) is 5.92 Å². The molecule has 0 bridgehead atoms. The summed E-state index contributed by atoms with van der Waals surface area (Å²) in [5.41, 5.74) is 10.2. The third-order valence-corrected chi connectivity index (χ3v) is 1.46. The quantitative estimate of drug-likeness (QED) is 0.573. The maximum absolute atomic E-state index is 11.2. The third kappa shape index (κ3) is 5.19. The molecule has 0 atom stereocenters. The summed E-state index contributed by atoms with van der Waals surface area (Å²) in [6.45, 7) is 4.29. The molecule has 0 aromatic rings. The molecule has 0 radical (unpaired) electrons. The number of nitrogens with two attached hydrogens (primary N) is 2. The normalized spacial score (nSPS) is 10.2. The molecule has 5 nitrogen and oxygen atoms in total. The van der Waals surface area contributed by atoms with Crippen LogP contribution in [0.15, 0.2) is 0 Å². The highest BCUT2D eigenvalue weighted by atomic mass is 16.2. The summed E-state index contributed by atoms with van der Waals surface area (Å²) in [5.74, 6) is -0.454. The fourth-order valence-corrected chi connectivity index (χ4v) is 1.01. The van der Waals surface area contributed by atoms with Gasteiger partial charge in [0, 0.05) is 6.54 Å². The first-order valence-corrected chi connectivity index (χ1v) is 4.23. The van der Waals surface area contributed by atoms with Crippen LogP contribution in [0.4, 0.5) is 0 Å². The Morgan fingerprint density at radius 1 is 1.38 bits per heavy atom. The van der Waals surface area contributed by atoms with Crippen molar-refractivity contribution in [2.45, 2.75) is 13.8 Å². The monoisotopic (exact) mass is 187 g/mol. The van der Waals surface area contributed by atoms with Crippen LogP contribution in [0, 0.1) is 5.92 Å². The van der Waals surface area contributed by atoms with Crippen LogP contribution in [0.5, 0.6) is 0 Å². The van der Waals surface area contributed by atoms with Gasteiger partial charge >= 0.3 is 0 Å². The molecule has 0 unspecified atom stereocenters. The molecule has 4 N–H and O–H groups in total. The van der Waals surface area contributed by atoms with Crippen molar-refractivity contribution in [3.8, 4) is 0 Å². The van der Waals surface area contributed by atoms with E-state index >= 15 is 0 Å². The second-order valence-corrected chi connectivity index (χ2v) is 3.34. The zero-order valence-corrected chi connectivity index (χ0v) is 8.12. The van der Waals surface area contributed by atoms with E-state index in [4.69, 9.17) is 11.5 Å². The van der Waals surface area contributed by atoms with Crippen LogP contribution >= 0.6 is 0 Å². The second-order valence-electron chi connectivity index (χ2n) is 3.34. The van der Waals surface area contributed by atoms with Gasteiger partial charge in [0.15, 0.2) is 0 Å². The molecule has 0 aliphatic carbocycles. The van der Waals surface area contributed by atoms with Crippen molar-refractivity contribution in [2.24, 2.45) is 17.4 Å². The first-order valence-electron chi connectivity index (χ1n) is 4.23. The first-order chi connectivity index (χ1) is 5.97. The molecule has 0 rings (SSSR count). The number of hydrogen-bond donors (Lipinski definition) is 2. The fraction of sp³-hybridized carbons (Fsp3) is 0.750. The highest BCUT2D eigenvalue weighted by Gasteiger charge is 2.14. The molecular weight excluding hydrogens is 170 g/mol. The van der Waals surface area contributed by atoms with E-state index in [1.165, 1.54) is 4.90 Å². The van der Waals surface area contributed by atoms with E-state index in [0.29, 0.717) is 12.5 Å². The van der Waals surface area contributed by atoms with Crippen molar-refractivity contribution in [3.63, 3.8) is 0 Å². The Kier molecular flexibility index (Phi) is 5.06. The number of amides is 2. The lowest BCUT2D eigenvalue weighted by molar-refractivity contribution is -0.134. The topological polar surface area (TPSA) is 89.4 Å². The summed E-state index contributed by atoms with van der Waals surface area (Å²) < 4.78 is 0. The van der Waals surface area contributed by atoms with Gasteiger partial charge in [0.05, 0.1) is 13.1 Å². The van der Waals surface area contributed by atoms with Crippen molar-refractivity contribution in [2.75, 3.05) is 19.6 Å².